The lowest BCUT2D eigenvalue weighted by molar-refractivity contribution is -0.134. The number of hydrogen-bond donors (Lipinski definition) is 2. The van der Waals surface area contributed by atoms with E-state index < -0.39 is 0 Å². The fourth-order valence-corrected chi connectivity index (χ4v) is 3.91. The van der Waals surface area contributed by atoms with Crippen LogP contribution >= 0.6 is 0 Å². The van der Waals surface area contributed by atoms with Gasteiger partial charge in [-0.15, -0.1) is 0 Å². The summed E-state index contributed by atoms with van der Waals surface area (Å²) in [6.45, 7) is 7.15. The summed E-state index contributed by atoms with van der Waals surface area (Å²) in [4.78, 5) is 29.5. The second-order valence-corrected chi connectivity index (χ2v) is 8.49. The summed E-state index contributed by atoms with van der Waals surface area (Å²) in [6, 6.07) is 9.93. The van der Waals surface area contributed by atoms with Gasteiger partial charge in [0, 0.05) is 30.9 Å². The van der Waals surface area contributed by atoms with Crippen molar-refractivity contribution in [3.8, 4) is 0 Å². The average molecular weight is 387 g/mol. The maximum Gasteiger partial charge on any atom is 0.319 e. The van der Waals surface area contributed by atoms with E-state index in [4.69, 9.17) is 0 Å². The number of hydrogen-bond acceptors (Lipinski definition) is 3. The minimum atomic E-state index is -0.192. The monoisotopic (exact) mass is 386 g/mol. The van der Waals surface area contributed by atoms with E-state index in [1.54, 1.807) is 0 Å². The van der Waals surface area contributed by atoms with Crippen LogP contribution in [0.25, 0.3) is 0 Å². The molecule has 0 spiro atoms. The molecule has 2 aliphatic rings. The Balaban J connectivity index is 1.50. The number of rotatable bonds is 8. The van der Waals surface area contributed by atoms with E-state index in [0.29, 0.717) is 25.0 Å². The molecule has 6 heteroatoms. The molecule has 0 bridgehead atoms. The Labute approximate surface area is 168 Å². The first-order valence-electron chi connectivity index (χ1n) is 10.7. The standard InChI is InChI=1S/C22H34N4O2/c1-17(2)15-26(19-11-12-19)21(27)16-25-13-7-6-10-20(25)14-23-22(28)24-18-8-4-3-5-9-18/h3-5,8-9,17,19-20H,6-7,10-16H2,1-2H3,(H2,23,24,28). The predicted octanol–water partition coefficient (Wildman–Crippen LogP) is 3.31. The lowest BCUT2D eigenvalue weighted by atomic mass is 10.0. The van der Waals surface area contributed by atoms with Crippen molar-refractivity contribution in [3.63, 3.8) is 0 Å². The van der Waals surface area contributed by atoms with Crippen LogP contribution in [0.3, 0.4) is 0 Å². The van der Waals surface area contributed by atoms with Gasteiger partial charge in [0.15, 0.2) is 0 Å². The molecule has 1 saturated heterocycles. The van der Waals surface area contributed by atoms with Crippen LogP contribution in [0.15, 0.2) is 30.3 Å². The molecule has 1 aliphatic heterocycles. The van der Waals surface area contributed by atoms with Crippen LogP contribution in [0.1, 0.15) is 46.0 Å². The lowest BCUT2D eigenvalue weighted by Crippen LogP contribution is -2.51. The van der Waals surface area contributed by atoms with Crippen molar-refractivity contribution in [1.82, 2.24) is 15.1 Å². The number of benzene rings is 1. The highest BCUT2D eigenvalue weighted by molar-refractivity contribution is 5.89. The van der Waals surface area contributed by atoms with Gasteiger partial charge < -0.3 is 15.5 Å². The molecule has 1 unspecified atom stereocenters. The highest BCUT2D eigenvalue weighted by Crippen LogP contribution is 2.28. The van der Waals surface area contributed by atoms with E-state index in [1.165, 1.54) is 0 Å². The van der Waals surface area contributed by atoms with Crippen LogP contribution in [0.2, 0.25) is 0 Å². The average Bonchev–Trinajstić information content (AvgIpc) is 3.51. The Morgan fingerprint density at radius 2 is 1.89 bits per heavy atom. The topological polar surface area (TPSA) is 64.7 Å². The summed E-state index contributed by atoms with van der Waals surface area (Å²) in [6.07, 6.45) is 5.57. The molecule has 28 heavy (non-hydrogen) atoms. The van der Waals surface area contributed by atoms with Gasteiger partial charge in [-0.1, -0.05) is 38.5 Å². The zero-order chi connectivity index (χ0) is 19.9. The highest BCUT2D eigenvalue weighted by Gasteiger charge is 2.34. The number of nitrogens with one attached hydrogen (secondary N) is 2. The van der Waals surface area contributed by atoms with Crippen LogP contribution in [-0.4, -0.2) is 60.0 Å². The van der Waals surface area contributed by atoms with Crippen molar-refractivity contribution in [2.75, 3.05) is 31.5 Å². The maximum absolute atomic E-state index is 12.9. The molecule has 1 atom stereocenters. The summed E-state index contributed by atoms with van der Waals surface area (Å²) < 4.78 is 0. The third kappa shape index (κ3) is 6.23. The third-order valence-electron chi connectivity index (χ3n) is 5.49. The van der Waals surface area contributed by atoms with Gasteiger partial charge in [0.05, 0.1) is 6.54 Å². The van der Waals surface area contributed by atoms with Crippen molar-refractivity contribution in [1.29, 1.82) is 0 Å². The van der Waals surface area contributed by atoms with E-state index in [2.05, 4.69) is 34.3 Å². The molecule has 2 fully saturated rings. The first-order chi connectivity index (χ1) is 13.5. The van der Waals surface area contributed by atoms with Crippen molar-refractivity contribution in [2.24, 2.45) is 5.92 Å². The minimum Gasteiger partial charge on any atom is -0.338 e. The van der Waals surface area contributed by atoms with Gasteiger partial charge in [-0.3, -0.25) is 9.69 Å². The Morgan fingerprint density at radius 1 is 1.14 bits per heavy atom. The highest BCUT2D eigenvalue weighted by atomic mass is 16.2. The minimum absolute atomic E-state index is 0.192. The smallest absolute Gasteiger partial charge is 0.319 e. The summed E-state index contributed by atoms with van der Waals surface area (Å²) in [7, 11) is 0. The predicted molar refractivity (Wildman–Crippen MR) is 112 cm³/mol. The zero-order valence-electron chi connectivity index (χ0n) is 17.2. The Kier molecular flexibility index (Phi) is 7.31. The molecule has 3 rings (SSSR count). The number of para-hydroxylation sites is 1. The van der Waals surface area contributed by atoms with Gasteiger partial charge in [-0.2, -0.15) is 0 Å². The zero-order valence-corrected chi connectivity index (χ0v) is 17.2. The number of amides is 3. The number of anilines is 1. The maximum atomic E-state index is 12.9. The summed E-state index contributed by atoms with van der Waals surface area (Å²) in [5.41, 5.74) is 0.782. The molecule has 1 aromatic carbocycles. The number of piperidine rings is 1. The van der Waals surface area contributed by atoms with Crippen molar-refractivity contribution in [2.45, 2.75) is 58.0 Å². The quantitative estimate of drug-likeness (QED) is 0.720. The van der Waals surface area contributed by atoms with Crippen LogP contribution in [-0.2, 0) is 4.79 Å². The van der Waals surface area contributed by atoms with E-state index >= 15 is 0 Å². The largest absolute Gasteiger partial charge is 0.338 e. The van der Waals surface area contributed by atoms with Crippen LogP contribution < -0.4 is 10.6 Å². The number of urea groups is 1. The van der Waals surface area contributed by atoms with Gasteiger partial charge >= 0.3 is 6.03 Å². The number of nitrogens with zero attached hydrogens (tertiary/aromatic N) is 2. The molecule has 2 N–H and O–H groups in total. The molecule has 1 aromatic rings. The third-order valence-corrected chi connectivity index (χ3v) is 5.49. The Bertz CT molecular complexity index is 645. The van der Waals surface area contributed by atoms with Crippen LogP contribution in [0.4, 0.5) is 10.5 Å². The fourth-order valence-electron chi connectivity index (χ4n) is 3.91. The number of carbonyl (C=O) groups is 2. The Morgan fingerprint density at radius 3 is 2.57 bits per heavy atom. The van der Waals surface area contributed by atoms with Crippen LogP contribution in [0, 0.1) is 5.92 Å². The molecule has 154 valence electrons. The number of carbonyl (C=O) groups excluding carboxylic acids is 2. The summed E-state index contributed by atoms with van der Waals surface area (Å²) in [5.74, 6) is 0.738. The van der Waals surface area contributed by atoms with Crippen LogP contribution in [0.5, 0.6) is 0 Å². The summed E-state index contributed by atoms with van der Waals surface area (Å²) >= 11 is 0. The Hall–Kier alpha value is -2.08. The first kappa shape index (κ1) is 20.6. The SMILES string of the molecule is CC(C)CN(C(=O)CN1CCCCC1CNC(=O)Nc1ccccc1)C1CC1. The second kappa shape index (κ2) is 9.92. The molecule has 1 heterocycles. The van der Waals surface area contributed by atoms with E-state index in [9.17, 15) is 9.59 Å². The van der Waals surface area contributed by atoms with Crippen molar-refractivity contribution >= 4 is 17.6 Å². The van der Waals surface area contributed by atoms with Gasteiger partial charge in [0.2, 0.25) is 5.91 Å². The second-order valence-electron chi connectivity index (χ2n) is 8.49. The van der Waals surface area contributed by atoms with Gasteiger partial charge in [0.25, 0.3) is 0 Å². The van der Waals surface area contributed by atoms with Crippen molar-refractivity contribution < 1.29 is 9.59 Å². The van der Waals surface area contributed by atoms with Gasteiger partial charge in [-0.05, 0) is 50.3 Å². The lowest BCUT2D eigenvalue weighted by Gasteiger charge is -2.37. The molecule has 1 aliphatic carbocycles. The van der Waals surface area contributed by atoms with E-state index in [1.807, 2.05) is 30.3 Å². The molecule has 0 aromatic heterocycles. The first-order valence-corrected chi connectivity index (χ1v) is 10.7. The number of likely N-dealkylation sites (tertiary alicyclic amines) is 1. The molecule has 3 amide bonds. The van der Waals surface area contributed by atoms with E-state index in [-0.39, 0.29) is 18.0 Å². The molecule has 1 saturated carbocycles. The van der Waals surface area contributed by atoms with E-state index in [0.717, 1.165) is 50.9 Å². The van der Waals surface area contributed by atoms with Gasteiger partial charge in [-0.25, -0.2) is 4.79 Å². The van der Waals surface area contributed by atoms with Crippen molar-refractivity contribution in [3.05, 3.63) is 30.3 Å². The molecular formula is C22H34N4O2. The fraction of sp³-hybridized carbons (Fsp3) is 0.636. The summed E-state index contributed by atoms with van der Waals surface area (Å²) in [5, 5.41) is 5.84. The molecular weight excluding hydrogens is 352 g/mol. The van der Waals surface area contributed by atoms with Gasteiger partial charge in [0.1, 0.15) is 0 Å². The molecule has 0 radical (unpaired) electrons. The normalized spacial score (nSPS) is 20.0. The molecule has 6 nitrogen and oxygen atoms in total.